The maximum Gasteiger partial charge on any atom is 0.165 e. The van der Waals surface area contributed by atoms with Gasteiger partial charge in [-0.1, -0.05) is 59.6 Å². The molecule has 0 saturated heterocycles. The molecule has 0 aromatic heterocycles. The van der Waals surface area contributed by atoms with Crippen LogP contribution in [0.1, 0.15) is 18.1 Å². The van der Waals surface area contributed by atoms with Crippen molar-refractivity contribution in [2.45, 2.75) is 18.6 Å². The van der Waals surface area contributed by atoms with E-state index in [1.807, 2.05) is 0 Å². The normalized spacial score (nSPS) is 11.9. The van der Waals surface area contributed by atoms with E-state index >= 15 is 0 Å². The zero-order chi connectivity index (χ0) is 14.0. The van der Waals surface area contributed by atoms with Crippen LogP contribution in [0.4, 0.5) is 0 Å². The van der Waals surface area contributed by atoms with Gasteiger partial charge in [0.25, 0.3) is 0 Å². The van der Waals surface area contributed by atoms with E-state index < -0.39 is 11.7 Å². The number of aliphatic hydroxyl groups excluding tert-OH is 1. The van der Waals surface area contributed by atoms with Crippen molar-refractivity contribution in [2.75, 3.05) is 0 Å². The van der Waals surface area contributed by atoms with E-state index in [-0.39, 0.29) is 0 Å². The third-order valence-corrected chi connectivity index (χ3v) is 4.04. The molecule has 0 unspecified atom stereocenters. The van der Waals surface area contributed by atoms with Crippen molar-refractivity contribution < 1.29 is 10.2 Å². The fourth-order valence-corrected chi connectivity index (χ4v) is 2.85. The maximum atomic E-state index is 9.87. The largest absolute Gasteiger partial charge is 0.367 e. The molecule has 0 aliphatic rings. The Morgan fingerprint density at radius 2 is 1.21 bits per heavy atom. The van der Waals surface area contributed by atoms with E-state index in [0.717, 1.165) is 0 Å². The summed E-state index contributed by atoms with van der Waals surface area (Å²) >= 11 is 12.4. The Kier molecular flexibility index (Phi) is 4.16. The molecule has 2 aromatic rings. The Balaban J connectivity index is 2.70. The molecule has 4 heteroatoms. The molecule has 0 bridgehead atoms. The van der Waals surface area contributed by atoms with Gasteiger partial charge in [-0.2, -0.15) is 0 Å². The topological polar surface area (TPSA) is 40.5 Å². The molecular formula is C15H14Cl2O2. The summed E-state index contributed by atoms with van der Waals surface area (Å²) in [5.74, 6) is 0. The zero-order valence-electron chi connectivity index (χ0n) is 10.3. The molecule has 100 valence electrons. The Labute approximate surface area is 122 Å². The molecule has 0 aliphatic heterocycles. The number of halogens is 2. The molecule has 0 radical (unpaired) electrons. The molecule has 0 spiro atoms. The third-order valence-electron chi connectivity index (χ3n) is 3.38. The minimum absolute atomic E-state index is 0.470. The van der Waals surface area contributed by atoms with Gasteiger partial charge in [0.05, 0.1) is 5.41 Å². The highest BCUT2D eigenvalue weighted by atomic mass is 35.5. The Morgan fingerprint density at radius 3 is 1.53 bits per heavy atom. The van der Waals surface area contributed by atoms with Crippen LogP contribution in [0.3, 0.4) is 0 Å². The summed E-state index contributed by atoms with van der Waals surface area (Å²) < 4.78 is 0. The van der Waals surface area contributed by atoms with Gasteiger partial charge < -0.3 is 10.2 Å². The first-order chi connectivity index (χ1) is 8.98. The summed E-state index contributed by atoms with van der Waals surface area (Å²) in [5, 5.41) is 20.7. The van der Waals surface area contributed by atoms with E-state index in [2.05, 4.69) is 0 Å². The van der Waals surface area contributed by atoms with Crippen LogP contribution in [0.2, 0.25) is 10.0 Å². The fourth-order valence-electron chi connectivity index (χ4n) is 2.19. The lowest BCUT2D eigenvalue weighted by molar-refractivity contribution is -0.0819. The SMILES string of the molecule is CC(c1ccccc1Cl)(c1ccccc1Cl)C(O)O. The molecule has 0 saturated carbocycles. The van der Waals surface area contributed by atoms with Crippen LogP contribution < -0.4 is 0 Å². The summed E-state index contributed by atoms with van der Waals surface area (Å²) in [5.41, 5.74) is 0.163. The van der Waals surface area contributed by atoms with Crippen LogP contribution in [0, 0.1) is 0 Å². The summed E-state index contributed by atoms with van der Waals surface area (Å²) in [6.07, 6.45) is -1.62. The summed E-state index contributed by atoms with van der Waals surface area (Å²) in [7, 11) is 0. The van der Waals surface area contributed by atoms with Crippen LogP contribution in [0.5, 0.6) is 0 Å². The Hall–Kier alpha value is -1.06. The standard InChI is InChI=1S/C15H14Cl2O2/c1-15(14(18)19,10-6-2-4-8-12(10)16)11-7-3-5-9-13(11)17/h2-9,14,18-19H,1H3. The highest BCUT2D eigenvalue weighted by Gasteiger charge is 2.38. The van der Waals surface area contributed by atoms with Gasteiger partial charge in [0.1, 0.15) is 0 Å². The highest BCUT2D eigenvalue weighted by Crippen LogP contribution is 2.41. The number of hydrogen-bond donors (Lipinski definition) is 2. The van der Waals surface area contributed by atoms with E-state index in [9.17, 15) is 10.2 Å². The average Bonchev–Trinajstić information content (AvgIpc) is 2.38. The van der Waals surface area contributed by atoms with Gasteiger partial charge in [-0.15, -0.1) is 0 Å². The lowest BCUT2D eigenvalue weighted by atomic mass is 9.75. The van der Waals surface area contributed by atoms with Crippen molar-refractivity contribution in [3.05, 3.63) is 69.7 Å². The number of aliphatic hydroxyl groups is 2. The van der Waals surface area contributed by atoms with Gasteiger partial charge in [0.15, 0.2) is 6.29 Å². The van der Waals surface area contributed by atoms with Crippen LogP contribution in [-0.2, 0) is 5.41 Å². The fraction of sp³-hybridized carbons (Fsp3) is 0.200. The molecule has 19 heavy (non-hydrogen) atoms. The second kappa shape index (κ2) is 5.51. The molecule has 0 amide bonds. The quantitative estimate of drug-likeness (QED) is 0.850. The van der Waals surface area contributed by atoms with Gasteiger partial charge in [-0.25, -0.2) is 0 Å². The molecule has 0 fully saturated rings. The van der Waals surface area contributed by atoms with E-state index in [4.69, 9.17) is 23.2 Å². The van der Waals surface area contributed by atoms with Crippen LogP contribution in [0.25, 0.3) is 0 Å². The van der Waals surface area contributed by atoms with Crippen LogP contribution >= 0.6 is 23.2 Å². The molecule has 0 heterocycles. The van der Waals surface area contributed by atoms with Crippen molar-refractivity contribution in [3.8, 4) is 0 Å². The predicted octanol–water partition coefficient (Wildman–Crippen LogP) is 3.61. The lowest BCUT2D eigenvalue weighted by Crippen LogP contribution is -2.38. The summed E-state index contributed by atoms with van der Waals surface area (Å²) in [4.78, 5) is 0. The smallest absolute Gasteiger partial charge is 0.165 e. The van der Waals surface area contributed by atoms with Crippen molar-refractivity contribution in [3.63, 3.8) is 0 Å². The second-order valence-electron chi connectivity index (χ2n) is 4.54. The second-order valence-corrected chi connectivity index (χ2v) is 5.35. The number of rotatable bonds is 3. The summed E-state index contributed by atoms with van der Waals surface area (Å²) in [6, 6.07) is 14.2. The third kappa shape index (κ3) is 2.49. The van der Waals surface area contributed by atoms with Crippen molar-refractivity contribution in [1.82, 2.24) is 0 Å². The average molecular weight is 297 g/mol. The van der Waals surface area contributed by atoms with Crippen LogP contribution in [0.15, 0.2) is 48.5 Å². The number of hydrogen-bond acceptors (Lipinski definition) is 2. The number of benzene rings is 2. The van der Waals surface area contributed by atoms with Gasteiger partial charge in [-0.05, 0) is 30.2 Å². The zero-order valence-corrected chi connectivity index (χ0v) is 11.9. The summed E-state index contributed by atoms with van der Waals surface area (Å²) in [6.45, 7) is 1.71. The first kappa shape index (κ1) is 14.4. The monoisotopic (exact) mass is 296 g/mol. The van der Waals surface area contributed by atoms with Gasteiger partial charge in [0.2, 0.25) is 0 Å². The molecule has 2 aromatic carbocycles. The van der Waals surface area contributed by atoms with Crippen molar-refractivity contribution in [1.29, 1.82) is 0 Å². The first-order valence-corrected chi connectivity index (χ1v) is 6.59. The van der Waals surface area contributed by atoms with E-state index in [1.165, 1.54) is 0 Å². The predicted molar refractivity (Wildman–Crippen MR) is 77.6 cm³/mol. The Morgan fingerprint density at radius 1 is 0.842 bits per heavy atom. The van der Waals surface area contributed by atoms with Crippen LogP contribution in [-0.4, -0.2) is 16.5 Å². The molecular weight excluding hydrogens is 283 g/mol. The van der Waals surface area contributed by atoms with Gasteiger partial charge in [-0.3, -0.25) is 0 Å². The van der Waals surface area contributed by atoms with Gasteiger partial charge in [0, 0.05) is 10.0 Å². The van der Waals surface area contributed by atoms with Crippen molar-refractivity contribution >= 4 is 23.2 Å². The molecule has 0 aliphatic carbocycles. The maximum absolute atomic E-state index is 9.87. The van der Waals surface area contributed by atoms with Crippen molar-refractivity contribution in [2.24, 2.45) is 0 Å². The molecule has 2 N–H and O–H groups in total. The molecule has 2 rings (SSSR count). The highest BCUT2D eigenvalue weighted by molar-refractivity contribution is 6.32. The van der Waals surface area contributed by atoms with E-state index in [1.54, 1.807) is 55.5 Å². The lowest BCUT2D eigenvalue weighted by Gasteiger charge is -2.34. The molecule has 0 atom stereocenters. The minimum atomic E-state index is -1.62. The Bertz CT molecular complexity index is 536. The first-order valence-electron chi connectivity index (χ1n) is 5.84. The molecule has 2 nitrogen and oxygen atoms in total. The minimum Gasteiger partial charge on any atom is -0.367 e. The van der Waals surface area contributed by atoms with Gasteiger partial charge >= 0.3 is 0 Å². The van der Waals surface area contributed by atoms with E-state index in [0.29, 0.717) is 21.2 Å².